The maximum atomic E-state index is 5.88. The summed E-state index contributed by atoms with van der Waals surface area (Å²) in [5.74, 6) is 0. The minimum Gasteiger partial charge on any atom is -0.316 e. The molecular formula is C10H11BrClN. The van der Waals surface area contributed by atoms with Gasteiger partial charge >= 0.3 is 0 Å². The fraction of sp³-hybridized carbons (Fsp3) is 0.200. The van der Waals surface area contributed by atoms with E-state index in [1.54, 1.807) is 0 Å². The van der Waals surface area contributed by atoms with Crippen LogP contribution >= 0.6 is 27.5 Å². The van der Waals surface area contributed by atoms with Crippen molar-refractivity contribution in [3.63, 3.8) is 0 Å². The van der Waals surface area contributed by atoms with E-state index in [1.807, 2.05) is 31.3 Å². The number of nitrogens with one attached hydrogen (secondary N) is 1. The second-order valence-corrected chi connectivity index (χ2v) is 4.01. The molecule has 1 rings (SSSR count). The smallest absolute Gasteiger partial charge is 0.0423 e. The van der Waals surface area contributed by atoms with Crippen LogP contribution in [0.5, 0.6) is 0 Å². The maximum Gasteiger partial charge on any atom is 0.0423 e. The van der Waals surface area contributed by atoms with Gasteiger partial charge in [0, 0.05) is 16.0 Å². The molecule has 0 saturated heterocycles. The van der Waals surface area contributed by atoms with Crippen LogP contribution < -0.4 is 5.32 Å². The zero-order valence-electron chi connectivity index (χ0n) is 7.35. The third-order valence-corrected chi connectivity index (χ3v) is 2.19. The minimum atomic E-state index is 0.749. The molecule has 0 radical (unpaired) electrons. The van der Waals surface area contributed by atoms with Gasteiger partial charge in [-0.05, 0) is 30.8 Å². The SMILES string of the molecule is CNCC=Cc1cc(Cl)cc(Br)c1. The van der Waals surface area contributed by atoms with Crippen LogP contribution in [0.1, 0.15) is 5.56 Å². The lowest BCUT2D eigenvalue weighted by Gasteiger charge is -1.97. The van der Waals surface area contributed by atoms with Crippen molar-refractivity contribution in [1.82, 2.24) is 5.32 Å². The topological polar surface area (TPSA) is 12.0 Å². The highest BCUT2D eigenvalue weighted by molar-refractivity contribution is 9.10. The highest BCUT2D eigenvalue weighted by Gasteiger charge is 1.93. The van der Waals surface area contributed by atoms with Crippen molar-refractivity contribution >= 4 is 33.6 Å². The highest BCUT2D eigenvalue weighted by atomic mass is 79.9. The summed E-state index contributed by atoms with van der Waals surface area (Å²) in [6, 6.07) is 5.83. The molecule has 0 heterocycles. The zero-order valence-corrected chi connectivity index (χ0v) is 9.69. The number of halogens is 2. The fourth-order valence-corrected chi connectivity index (χ4v) is 1.87. The molecule has 0 atom stereocenters. The van der Waals surface area contributed by atoms with Crippen LogP contribution in [0, 0.1) is 0 Å². The van der Waals surface area contributed by atoms with Crippen LogP contribution in [0.15, 0.2) is 28.7 Å². The number of likely N-dealkylation sites (N-methyl/N-ethyl adjacent to an activating group) is 1. The second kappa shape index (κ2) is 5.43. The summed E-state index contributed by atoms with van der Waals surface area (Å²) in [7, 11) is 1.91. The third-order valence-electron chi connectivity index (χ3n) is 1.52. The Morgan fingerprint density at radius 3 is 2.85 bits per heavy atom. The average molecular weight is 261 g/mol. The molecule has 1 nitrogen and oxygen atoms in total. The molecule has 1 aromatic carbocycles. The van der Waals surface area contributed by atoms with Gasteiger partial charge < -0.3 is 5.32 Å². The first-order valence-corrected chi connectivity index (χ1v) is 5.16. The van der Waals surface area contributed by atoms with Gasteiger partial charge in [-0.1, -0.05) is 39.7 Å². The number of benzene rings is 1. The van der Waals surface area contributed by atoms with Gasteiger partial charge in [-0.15, -0.1) is 0 Å². The molecule has 0 unspecified atom stereocenters. The zero-order chi connectivity index (χ0) is 9.68. The molecule has 13 heavy (non-hydrogen) atoms. The van der Waals surface area contributed by atoms with E-state index in [4.69, 9.17) is 11.6 Å². The Morgan fingerprint density at radius 1 is 1.46 bits per heavy atom. The predicted octanol–water partition coefficient (Wildman–Crippen LogP) is 3.34. The lowest BCUT2D eigenvalue weighted by Crippen LogP contribution is -2.03. The molecule has 0 spiro atoms. The standard InChI is InChI=1S/C10H11BrClN/c1-13-4-2-3-8-5-9(11)7-10(12)6-8/h2-3,5-7,13H,4H2,1H3. The van der Waals surface area contributed by atoms with Gasteiger partial charge in [-0.25, -0.2) is 0 Å². The van der Waals surface area contributed by atoms with E-state index in [0.717, 1.165) is 21.6 Å². The minimum absolute atomic E-state index is 0.749. The molecule has 0 fully saturated rings. The fourth-order valence-electron chi connectivity index (χ4n) is 0.984. The van der Waals surface area contributed by atoms with Crippen LogP contribution in [0.4, 0.5) is 0 Å². The van der Waals surface area contributed by atoms with Crippen molar-refractivity contribution in [3.8, 4) is 0 Å². The summed E-state index contributed by atoms with van der Waals surface area (Å²) < 4.78 is 1.00. The molecule has 1 N–H and O–H groups in total. The summed E-state index contributed by atoms with van der Waals surface area (Å²) in [5, 5.41) is 3.78. The van der Waals surface area contributed by atoms with Crippen LogP contribution in [0.25, 0.3) is 6.08 Å². The van der Waals surface area contributed by atoms with E-state index in [9.17, 15) is 0 Å². The molecule has 0 aromatic heterocycles. The molecule has 0 amide bonds. The molecule has 0 bridgehead atoms. The third kappa shape index (κ3) is 3.94. The first kappa shape index (κ1) is 10.8. The Bertz CT molecular complexity index is 290. The molecule has 0 aliphatic rings. The molecule has 0 aliphatic heterocycles. The molecular weight excluding hydrogens is 249 g/mol. The molecule has 0 aliphatic carbocycles. The van der Waals surface area contributed by atoms with E-state index in [1.165, 1.54) is 0 Å². The normalized spacial score (nSPS) is 11.0. The van der Waals surface area contributed by atoms with Gasteiger partial charge in [0.2, 0.25) is 0 Å². The van der Waals surface area contributed by atoms with Crippen molar-refractivity contribution in [1.29, 1.82) is 0 Å². The first-order chi connectivity index (χ1) is 6.22. The monoisotopic (exact) mass is 259 g/mol. The maximum absolute atomic E-state index is 5.88. The molecule has 3 heteroatoms. The van der Waals surface area contributed by atoms with Gasteiger partial charge in [-0.2, -0.15) is 0 Å². The summed E-state index contributed by atoms with van der Waals surface area (Å²) in [6.07, 6.45) is 4.09. The Kier molecular flexibility index (Phi) is 4.50. The van der Waals surface area contributed by atoms with E-state index in [2.05, 4.69) is 27.3 Å². The summed E-state index contributed by atoms with van der Waals surface area (Å²) in [5.41, 5.74) is 1.11. The van der Waals surface area contributed by atoms with Crippen molar-refractivity contribution in [3.05, 3.63) is 39.3 Å². The second-order valence-electron chi connectivity index (χ2n) is 2.66. The first-order valence-electron chi connectivity index (χ1n) is 3.99. The summed E-state index contributed by atoms with van der Waals surface area (Å²) in [4.78, 5) is 0. The van der Waals surface area contributed by atoms with E-state index < -0.39 is 0 Å². The summed E-state index contributed by atoms with van der Waals surface area (Å²) >= 11 is 9.27. The van der Waals surface area contributed by atoms with Gasteiger partial charge in [0.1, 0.15) is 0 Å². The van der Waals surface area contributed by atoms with Crippen molar-refractivity contribution in [2.45, 2.75) is 0 Å². The van der Waals surface area contributed by atoms with Gasteiger partial charge in [0.15, 0.2) is 0 Å². The Balaban J connectivity index is 2.77. The highest BCUT2D eigenvalue weighted by Crippen LogP contribution is 2.20. The van der Waals surface area contributed by atoms with Gasteiger partial charge in [0.05, 0.1) is 0 Å². The Hall–Kier alpha value is -0.310. The number of hydrogen-bond acceptors (Lipinski definition) is 1. The quantitative estimate of drug-likeness (QED) is 0.879. The predicted molar refractivity (Wildman–Crippen MR) is 62.1 cm³/mol. The van der Waals surface area contributed by atoms with Crippen LogP contribution in [0.2, 0.25) is 5.02 Å². The van der Waals surface area contributed by atoms with E-state index >= 15 is 0 Å². The Labute approximate surface area is 91.9 Å². The largest absolute Gasteiger partial charge is 0.316 e. The van der Waals surface area contributed by atoms with Crippen LogP contribution in [-0.4, -0.2) is 13.6 Å². The number of hydrogen-bond donors (Lipinski definition) is 1. The number of rotatable bonds is 3. The molecule has 0 saturated carbocycles. The van der Waals surface area contributed by atoms with Crippen molar-refractivity contribution in [2.24, 2.45) is 0 Å². The van der Waals surface area contributed by atoms with Crippen LogP contribution in [0.3, 0.4) is 0 Å². The van der Waals surface area contributed by atoms with Crippen LogP contribution in [-0.2, 0) is 0 Å². The van der Waals surface area contributed by atoms with E-state index in [-0.39, 0.29) is 0 Å². The average Bonchev–Trinajstić information content (AvgIpc) is 2.03. The molecule has 70 valence electrons. The lowest BCUT2D eigenvalue weighted by atomic mass is 10.2. The lowest BCUT2D eigenvalue weighted by molar-refractivity contribution is 0.922. The van der Waals surface area contributed by atoms with E-state index in [0.29, 0.717) is 0 Å². The van der Waals surface area contributed by atoms with Gasteiger partial charge in [0.25, 0.3) is 0 Å². The Morgan fingerprint density at radius 2 is 2.23 bits per heavy atom. The van der Waals surface area contributed by atoms with Crippen molar-refractivity contribution in [2.75, 3.05) is 13.6 Å². The van der Waals surface area contributed by atoms with Crippen molar-refractivity contribution < 1.29 is 0 Å². The molecule has 1 aromatic rings. The van der Waals surface area contributed by atoms with Gasteiger partial charge in [-0.3, -0.25) is 0 Å². The summed E-state index contributed by atoms with van der Waals surface area (Å²) in [6.45, 7) is 0.865.